The van der Waals surface area contributed by atoms with Crippen LogP contribution in [0.5, 0.6) is 0 Å². The van der Waals surface area contributed by atoms with Crippen LogP contribution >= 0.6 is 11.6 Å². The quantitative estimate of drug-likeness (QED) is 0.781. The van der Waals surface area contributed by atoms with Gasteiger partial charge in [-0.3, -0.25) is 14.5 Å². The molecule has 0 saturated carbocycles. The lowest BCUT2D eigenvalue weighted by atomic mass is 9.96. The molecular formula is C19H28ClN3O2. The van der Waals surface area contributed by atoms with E-state index in [0.717, 1.165) is 44.5 Å². The molecule has 138 valence electrons. The van der Waals surface area contributed by atoms with Gasteiger partial charge in [0.2, 0.25) is 11.8 Å². The van der Waals surface area contributed by atoms with Gasteiger partial charge in [0.1, 0.15) is 0 Å². The predicted octanol–water partition coefficient (Wildman–Crippen LogP) is 2.76. The zero-order chi connectivity index (χ0) is 18.2. The number of piperidine rings is 1. The molecule has 1 aliphatic heterocycles. The smallest absolute Gasteiger partial charge is 0.234 e. The fourth-order valence-corrected chi connectivity index (χ4v) is 3.44. The van der Waals surface area contributed by atoms with Crippen molar-refractivity contribution in [3.8, 4) is 0 Å². The van der Waals surface area contributed by atoms with E-state index in [1.807, 2.05) is 38.1 Å². The number of carbonyl (C=O) groups excluding carboxylic acids is 2. The van der Waals surface area contributed by atoms with E-state index in [0.29, 0.717) is 11.6 Å². The summed E-state index contributed by atoms with van der Waals surface area (Å²) >= 11 is 6.18. The summed E-state index contributed by atoms with van der Waals surface area (Å²) < 4.78 is 0. The molecule has 1 saturated heterocycles. The fourth-order valence-electron chi connectivity index (χ4n) is 3.14. The topological polar surface area (TPSA) is 61.4 Å². The van der Waals surface area contributed by atoms with Crippen LogP contribution in [0.1, 0.15) is 44.7 Å². The van der Waals surface area contributed by atoms with Crippen molar-refractivity contribution >= 4 is 23.4 Å². The van der Waals surface area contributed by atoms with E-state index in [-0.39, 0.29) is 23.8 Å². The van der Waals surface area contributed by atoms with Crippen LogP contribution in [0.15, 0.2) is 24.3 Å². The van der Waals surface area contributed by atoms with Crippen molar-refractivity contribution in [3.05, 3.63) is 34.9 Å². The summed E-state index contributed by atoms with van der Waals surface area (Å²) in [5.41, 5.74) is 0.920. The first-order valence-electron chi connectivity index (χ1n) is 9.05. The van der Waals surface area contributed by atoms with Crippen LogP contribution in [-0.2, 0) is 9.59 Å². The maximum absolute atomic E-state index is 12.3. The van der Waals surface area contributed by atoms with E-state index in [1.165, 1.54) is 0 Å². The van der Waals surface area contributed by atoms with Gasteiger partial charge >= 0.3 is 0 Å². The van der Waals surface area contributed by atoms with Gasteiger partial charge < -0.3 is 10.6 Å². The van der Waals surface area contributed by atoms with Gasteiger partial charge in [0, 0.05) is 17.5 Å². The third-order valence-corrected chi connectivity index (χ3v) is 4.97. The molecule has 2 N–H and O–H groups in total. The molecule has 1 aliphatic rings. The molecule has 2 rings (SSSR count). The maximum atomic E-state index is 12.3. The summed E-state index contributed by atoms with van der Waals surface area (Å²) in [4.78, 5) is 26.4. The first kappa shape index (κ1) is 19.7. The molecule has 1 aromatic rings. The number of rotatable bonds is 7. The van der Waals surface area contributed by atoms with Crippen LogP contribution in [0, 0.1) is 5.92 Å². The number of likely N-dealkylation sites (tertiary alicyclic amines) is 1. The molecule has 6 heteroatoms. The number of benzene rings is 1. The molecule has 1 aromatic carbocycles. The van der Waals surface area contributed by atoms with Gasteiger partial charge in [0.05, 0.1) is 12.6 Å². The minimum absolute atomic E-state index is 0.0127. The zero-order valence-electron chi connectivity index (χ0n) is 15.1. The van der Waals surface area contributed by atoms with Crippen molar-refractivity contribution in [2.24, 2.45) is 5.92 Å². The predicted molar refractivity (Wildman–Crippen MR) is 100 cm³/mol. The van der Waals surface area contributed by atoms with Gasteiger partial charge in [-0.2, -0.15) is 0 Å². The van der Waals surface area contributed by atoms with Crippen molar-refractivity contribution in [2.45, 2.75) is 39.2 Å². The lowest BCUT2D eigenvalue weighted by molar-refractivity contribution is -0.126. The molecule has 2 amide bonds. The molecule has 1 atom stereocenters. The molecule has 0 aromatic heterocycles. The summed E-state index contributed by atoms with van der Waals surface area (Å²) in [6.45, 7) is 6.63. The van der Waals surface area contributed by atoms with Gasteiger partial charge in [-0.1, -0.05) is 36.7 Å². The average Bonchev–Trinajstić information content (AvgIpc) is 2.60. The van der Waals surface area contributed by atoms with E-state index in [2.05, 4.69) is 15.5 Å². The van der Waals surface area contributed by atoms with Crippen LogP contribution in [-0.4, -0.2) is 42.9 Å². The van der Waals surface area contributed by atoms with Crippen LogP contribution in [0.25, 0.3) is 0 Å². The van der Waals surface area contributed by atoms with Gasteiger partial charge in [0.25, 0.3) is 0 Å². The van der Waals surface area contributed by atoms with Gasteiger partial charge in [-0.05, 0) is 50.9 Å². The van der Waals surface area contributed by atoms with Crippen LogP contribution < -0.4 is 10.6 Å². The van der Waals surface area contributed by atoms with Crippen molar-refractivity contribution in [2.75, 3.05) is 26.2 Å². The second kappa shape index (κ2) is 9.78. The van der Waals surface area contributed by atoms with Crippen LogP contribution in [0.3, 0.4) is 0 Å². The highest BCUT2D eigenvalue weighted by Gasteiger charge is 2.25. The Hall–Kier alpha value is -1.59. The summed E-state index contributed by atoms with van der Waals surface area (Å²) in [6, 6.07) is 7.42. The maximum Gasteiger partial charge on any atom is 0.234 e. The Bertz CT molecular complexity index is 586. The largest absolute Gasteiger partial charge is 0.356 e. The normalized spacial score (nSPS) is 17.1. The van der Waals surface area contributed by atoms with E-state index in [4.69, 9.17) is 11.6 Å². The van der Waals surface area contributed by atoms with Gasteiger partial charge in [-0.25, -0.2) is 0 Å². The Kier molecular flexibility index (Phi) is 7.72. The van der Waals surface area contributed by atoms with Gasteiger partial charge in [-0.15, -0.1) is 0 Å². The van der Waals surface area contributed by atoms with Crippen molar-refractivity contribution in [3.63, 3.8) is 0 Å². The summed E-state index contributed by atoms with van der Waals surface area (Å²) in [5, 5.41) is 6.62. The molecule has 0 spiro atoms. The fraction of sp³-hybridized carbons (Fsp3) is 0.579. The summed E-state index contributed by atoms with van der Waals surface area (Å²) in [7, 11) is 0. The highest BCUT2D eigenvalue weighted by atomic mass is 35.5. The first-order chi connectivity index (χ1) is 12.0. The first-order valence-corrected chi connectivity index (χ1v) is 9.43. The number of amides is 2. The molecule has 0 aliphatic carbocycles. The number of nitrogens with one attached hydrogen (secondary N) is 2. The molecule has 25 heavy (non-hydrogen) atoms. The Morgan fingerprint density at radius 2 is 1.96 bits per heavy atom. The van der Waals surface area contributed by atoms with E-state index >= 15 is 0 Å². The van der Waals surface area contributed by atoms with E-state index in [1.54, 1.807) is 0 Å². The highest BCUT2D eigenvalue weighted by Crippen LogP contribution is 2.22. The molecule has 1 fully saturated rings. The Balaban J connectivity index is 1.75. The molecule has 5 nitrogen and oxygen atoms in total. The molecule has 1 unspecified atom stereocenters. The Morgan fingerprint density at radius 3 is 2.60 bits per heavy atom. The minimum Gasteiger partial charge on any atom is -0.356 e. The van der Waals surface area contributed by atoms with Crippen molar-refractivity contribution in [1.29, 1.82) is 0 Å². The van der Waals surface area contributed by atoms with E-state index in [9.17, 15) is 9.59 Å². The second-order valence-corrected chi connectivity index (χ2v) is 7.06. The van der Waals surface area contributed by atoms with Crippen molar-refractivity contribution < 1.29 is 9.59 Å². The molecule has 0 radical (unpaired) electrons. The average molecular weight is 366 g/mol. The number of nitrogens with zero attached hydrogens (tertiary/aromatic N) is 1. The highest BCUT2D eigenvalue weighted by molar-refractivity contribution is 6.31. The number of hydrogen-bond donors (Lipinski definition) is 2. The van der Waals surface area contributed by atoms with Crippen LogP contribution in [0.4, 0.5) is 0 Å². The lowest BCUT2D eigenvalue weighted by Crippen LogP contribution is -2.44. The van der Waals surface area contributed by atoms with Crippen LogP contribution in [0.2, 0.25) is 5.02 Å². The number of hydrogen-bond acceptors (Lipinski definition) is 3. The summed E-state index contributed by atoms with van der Waals surface area (Å²) in [6.07, 6.45) is 2.57. The minimum atomic E-state index is -0.126. The van der Waals surface area contributed by atoms with E-state index < -0.39 is 0 Å². The Morgan fingerprint density at radius 1 is 1.28 bits per heavy atom. The lowest BCUT2D eigenvalue weighted by Gasteiger charge is -2.31. The SMILES string of the molecule is CCCNC(=O)C1CCN(CC(=O)NC(C)c2ccccc2Cl)CC1. The Labute approximate surface area is 155 Å². The molecule has 1 heterocycles. The second-order valence-electron chi connectivity index (χ2n) is 6.65. The molecule has 0 bridgehead atoms. The third kappa shape index (κ3) is 6.01. The summed E-state index contributed by atoms with van der Waals surface area (Å²) in [5.74, 6) is 0.215. The van der Waals surface area contributed by atoms with Crippen molar-refractivity contribution in [1.82, 2.24) is 15.5 Å². The number of halogens is 1. The van der Waals surface area contributed by atoms with Gasteiger partial charge in [0.15, 0.2) is 0 Å². The third-order valence-electron chi connectivity index (χ3n) is 4.62. The number of carbonyl (C=O) groups is 2. The standard InChI is InChI=1S/C19H28ClN3O2/c1-3-10-21-19(25)15-8-11-23(12-9-15)13-18(24)22-14(2)16-6-4-5-7-17(16)20/h4-7,14-15H,3,8-13H2,1-2H3,(H,21,25)(H,22,24). The molecular weight excluding hydrogens is 338 g/mol. The monoisotopic (exact) mass is 365 g/mol. The zero-order valence-corrected chi connectivity index (χ0v) is 15.8.